The number of carbonyl (C=O) groups excluding carboxylic acids is 2. The van der Waals surface area contributed by atoms with Gasteiger partial charge < -0.3 is 15.3 Å². The molecular formula is C26H42N4O7S2. The maximum absolute atomic E-state index is 11.8. The molecule has 0 bridgehead atoms. The van der Waals surface area contributed by atoms with Crippen molar-refractivity contribution in [2.24, 2.45) is 11.8 Å². The summed E-state index contributed by atoms with van der Waals surface area (Å²) < 4.78 is 50.6. The molecular weight excluding hydrogens is 544 g/mol. The van der Waals surface area contributed by atoms with E-state index in [4.69, 9.17) is 5.11 Å². The fourth-order valence-electron chi connectivity index (χ4n) is 3.43. The van der Waals surface area contributed by atoms with Crippen molar-refractivity contribution in [3.8, 4) is 0 Å². The highest BCUT2D eigenvalue weighted by Crippen LogP contribution is 2.25. The van der Waals surface area contributed by atoms with E-state index < -0.39 is 20.0 Å². The summed E-state index contributed by atoms with van der Waals surface area (Å²) in [5, 5.41) is 11.4. The Bertz CT molecular complexity index is 1280. The number of hydrogen-bond donors (Lipinski definition) is 4. The Morgan fingerprint density at radius 3 is 1.79 bits per heavy atom. The predicted molar refractivity (Wildman–Crippen MR) is 154 cm³/mol. The van der Waals surface area contributed by atoms with Crippen LogP contribution in [0.5, 0.6) is 0 Å². The minimum atomic E-state index is -3.46. The zero-order chi connectivity index (χ0) is 27.8. The lowest BCUT2D eigenvalue weighted by molar-refractivity contribution is -0.120. The highest BCUT2D eigenvalue weighted by atomic mass is 32.2. The molecule has 13 heteroatoms. The fourth-order valence-corrected chi connectivity index (χ4v) is 4.89. The first kappa shape index (κ1) is 36.2. The smallest absolute Gasteiger partial charge is 0.240 e. The van der Waals surface area contributed by atoms with Gasteiger partial charge in [0.15, 0.2) is 0 Å². The molecule has 1 saturated heterocycles. The SMILES string of the molecule is C.C.CNS(=O)(=O)c1ccc(N2CCC(C)C2=O)cc1.CNS(=O)(=O)c1ccc(NC(=O)C(C)CCO)cc1. The van der Waals surface area contributed by atoms with Crippen LogP contribution in [-0.2, 0) is 29.6 Å². The lowest BCUT2D eigenvalue weighted by Crippen LogP contribution is -2.26. The molecule has 39 heavy (non-hydrogen) atoms. The van der Waals surface area contributed by atoms with Crippen molar-refractivity contribution >= 4 is 43.2 Å². The van der Waals surface area contributed by atoms with Gasteiger partial charge in [0.1, 0.15) is 0 Å². The van der Waals surface area contributed by atoms with Crippen LogP contribution in [0.3, 0.4) is 0 Å². The molecule has 2 unspecified atom stereocenters. The number of amides is 2. The van der Waals surface area contributed by atoms with Crippen molar-refractivity contribution in [1.82, 2.24) is 9.44 Å². The van der Waals surface area contributed by atoms with Crippen LogP contribution in [-0.4, -0.2) is 61.0 Å². The normalized spacial score (nSPS) is 15.8. The highest BCUT2D eigenvalue weighted by molar-refractivity contribution is 7.89. The molecule has 220 valence electrons. The molecule has 2 atom stereocenters. The standard InChI is InChI=1S/C12H18N2O4S.C12H16N2O3S.2CH4/c1-9(7-8-15)12(16)14-10-3-5-11(6-4-10)19(17,18)13-2;1-9-7-8-14(12(9)15)10-3-5-11(6-4-10)18(16,17)13-2;;/h3-6,9,13,15H,7-8H2,1-2H3,(H,14,16);3-6,9,13H,7-8H2,1-2H3;2*1H4. The van der Waals surface area contributed by atoms with E-state index in [0.717, 1.165) is 12.1 Å². The molecule has 0 aliphatic carbocycles. The minimum absolute atomic E-state index is 0. The van der Waals surface area contributed by atoms with E-state index >= 15 is 0 Å². The number of carbonyl (C=O) groups is 2. The van der Waals surface area contributed by atoms with Gasteiger partial charge in [-0.15, -0.1) is 0 Å². The van der Waals surface area contributed by atoms with Crippen molar-refractivity contribution in [3.63, 3.8) is 0 Å². The Balaban J connectivity index is 0.000000705. The van der Waals surface area contributed by atoms with Crippen LogP contribution >= 0.6 is 0 Å². The van der Waals surface area contributed by atoms with Crippen LogP contribution in [0.4, 0.5) is 11.4 Å². The molecule has 4 N–H and O–H groups in total. The summed E-state index contributed by atoms with van der Waals surface area (Å²) in [6, 6.07) is 12.2. The van der Waals surface area contributed by atoms with Crippen LogP contribution in [0.25, 0.3) is 0 Å². The van der Waals surface area contributed by atoms with E-state index in [1.807, 2.05) is 6.92 Å². The Kier molecular flexibility index (Phi) is 14.5. The van der Waals surface area contributed by atoms with Gasteiger partial charge >= 0.3 is 0 Å². The summed E-state index contributed by atoms with van der Waals surface area (Å²) in [7, 11) is -4.18. The Morgan fingerprint density at radius 1 is 0.949 bits per heavy atom. The van der Waals surface area contributed by atoms with E-state index in [-0.39, 0.29) is 54.9 Å². The lowest BCUT2D eigenvalue weighted by Gasteiger charge is -2.16. The van der Waals surface area contributed by atoms with E-state index in [0.29, 0.717) is 18.7 Å². The minimum Gasteiger partial charge on any atom is -0.396 e. The van der Waals surface area contributed by atoms with E-state index in [1.54, 1.807) is 24.0 Å². The van der Waals surface area contributed by atoms with Gasteiger partial charge in [-0.05, 0) is 75.5 Å². The fraction of sp³-hybridized carbons (Fsp3) is 0.462. The van der Waals surface area contributed by atoms with Crippen molar-refractivity contribution < 1.29 is 31.5 Å². The number of sulfonamides is 2. The molecule has 1 aliphatic rings. The molecule has 2 aromatic carbocycles. The summed E-state index contributed by atoms with van der Waals surface area (Å²) in [5.41, 5.74) is 1.27. The van der Waals surface area contributed by atoms with Gasteiger partial charge in [-0.1, -0.05) is 28.7 Å². The molecule has 11 nitrogen and oxygen atoms in total. The van der Waals surface area contributed by atoms with E-state index in [1.165, 1.54) is 50.5 Å². The van der Waals surface area contributed by atoms with Crippen molar-refractivity contribution in [2.45, 2.75) is 51.3 Å². The van der Waals surface area contributed by atoms with Gasteiger partial charge in [-0.3, -0.25) is 9.59 Å². The number of aliphatic hydroxyl groups excluding tert-OH is 1. The Morgan fingerprint density at radius 2 is 1.41 bits per heavy atom. The third kappa shape index (κ3) is 9.69. The first-order valence-electron chi connectivity index (χ1n) is 11.7. The molecule has 3 rings (SSSR count). The molecule has 1 heterocycles. The van der Waals surface area contributed by atoms with E-state index in [2.05, 4.69) is 14.8 Å². The monoisotopic (exact) mass is 586 g/mol. The maximum Gasteiger partial charge on any atom is 0.240 e. The zero-order valence-electron chi connectivity index (χ0n) is 21.3. The summed E-state index contributed by atoms with van der Waals surface area (Å²) in [5.74, 6) is -0.367. The number of rotatable bonds is 9. The first-order valence-corrected chi connectivity index (χ1v) is 14.6. The van der Waals surface area contributed by atoms with Crippen LogP contribution in [0.2, 0.25) is 0 Å². The summed E-state index contributed by atoms with van der Waals surface area (Å²) in [6.07, 6.45) is 1.23. The lowest BCUT2D eigenvalue weighted by atomic mass is 10.1. The van der Waals surface area contributed by atoms with Gasteiger partial charge in [0, 0.05) is 36.4 Å². The number of anilines is 2. The third-order valence-corrected chi connectivity index (χ3v) is 8.77. The predicted octanol–water partition coefficient (Wildman–Crippen LogP) is 2.79. The number of nitrogens with one attached hydrogen (secondary N) is 3. The molecule has 0 saturated carbocycles. The van der Waals surface area contributed by atoms with Gasteiger partial charge in [-0.2, -0.15) is 0 Å². The first-order chi connectivity index (χ1) is 17.4. The van der Waals surface area contributed by atoms with Crippen molar-refractivity contribution in [2.75, 3.05) is 37.5 Å². The number of hydrogen-bond acceptors (Lipinski definition) is 7. The second-order valence-corrected chi connectivity index (χ2v) is 12.3. The van der Waals surface area contributed by atoms with Crippen LogP contribution in [0.15, 0.2) is 58.3 Å². The average molecular weight is 587 g/mol. The maximum atomic E-state index is 11.8. The molecule has 0 aromatic heterocycles. The Hall–Kier alpha value is -2.84. The summed E-state index contributed by atoms with van der Waals surface area (Å²) in [4.78, 5) is 25.6. The summed E-state index contributed by atoms with van der Waals surface area (Å²) in [6.45, 7) is 4.26. The quantitative estimate of drug-likeness (QED) is 0.351. The summed E-state index contributed by atoms with van der Waals surface area (Å²) >= 11 is 0. The van der Waals surface area contributed by atoms with Gasteiger partial charge in [-0.25, -0.2) is 26.3 Å². The largest absolute Gasteiger partial charge is 0.396 e. The molecule has 0 spiro atoms. The molecule has 0 radical (unpaired) electrons. The van der Waals surface area contributed by atoms with Gasteiger partial charge in [0.2, 0.25) is 31.9 Å². The third-order valence-electron chi connectivity index (χ3n) is 5.91. The second-order valence-electron chi connectivity index (χ2n) is 8.52. The second kappa shape index (κ2) is 15.7. The van der Waals surface area contributed by atoms with E-state index in [9.17, 15) is 26.4 Å². The molecule has 2 aromatic rings. The van der Waals surface area contributed by atoms with Crippen molar-refractivity contribution in [3.05, 3.63) is 48.5 Å². The number of nitrogens with zero attached hydrogens (tertiary/aromatic N) is 1. The highest BCUT2D eigenvalue weighted by Gasteiger charge is 2.29. The Labute approximate surface area is 233 Å². The van der Waals surface area contributed by atoms with Gasteiger partial charge in [0.25, 0.3) is 0 Å². The molecule has 2 amide bonds. The number of benzene rings is 2. The topological polar surface area (TPSA) is 162 Å². The average Bonchev–Trinajstić information content (AvgIpc) is 3.22. The number of aliphatic hydroxyl groups is 1. The van der Waals surface area contributed by atoms with Crippen LogP contribution in [0, 0.1) is 11.8 Å². The van der Waals surface area contributed by atoms with Crippen LogP contribution < -0.4 is 19.7 Å². The molecule has 1 aliphatic heterocycles. The molecule has 1 fully saturated rings. The van der Waals surface area contributed by atoms with Crippen molar-refractivity contribution in [1.29, 1.82) is 0 Å². The van der Waals surface area contributed by atoms with Crippen LogP contribution in [0.1, 0.15) is 41.5 Å². The van der Waals surface area contributed by atoms with Gasteiger partial charge in [0.05, 0.1) is 9.79 Å². The zero-order valence-corrected chi connectivity index (χ0v) is 22.9.